The summed E-state index contributed by atoms with van der Waals surface area (Å²) >= 11 is 0. The van der Waals surface area contributed by atoms with Crippen LogP contribution in [0.25, 0.3) is 0 Å². The summed E-state index contributed by atoms with van der Waals surface area (Å²) < 4.78 is 15.8. The second-order valence-corrected chi connectivity index (χ2v) is 6.70. The van der Waals surface area contributed by atoms with Crippen LogP contribution in [0.1, 0.15) is 30.4 Å². The summed E-state index contributed by atoms with van der Waals surface area (Å²) in [7, 11) is 0. The number of hydrogen-bond acceptors (Lipinski definition) is 6. The van der Waals surface area contributed by atoms with Crippen LogP contribution in [-0.2, 0) is 20.7 Å². The third-order valence-corrected chi connectivity index (χ3v) is 3.86. The quantitative estimate of drug-likeness (QED) is 0.427. The Morgan fingerprint density at radius 1 is 1.21 bits per heavy atom. The van der Waals surface area contributed by atoms with Crippen LogP contribution < -0.4 is 10.5 Å². The molecule has 0 fully saturated rings. The van der Waals surface area contributed by atoms with Crippen molar-refractivity contribution in [2.24, 2.45) is 5.73 Å². The van der Waals surface area contributed by atoms with Gasteiger partial charge in [-0.2, -0.15) is 0 Å². The highest BCUT2D eigenvalue weighted by Gasteiger charge is 2.23. The van der Waals surface area contributed by atoms with Crippen LogP contribution in [0, 0.1) is 18.8 Å². The fourth-order valence-corrected chi connectivity index (χ4v) is 2.23. The molecule has 1 aromatic heterocycles. The van der Waals surface area contributed by atoms with E-state index < -0.39 is 17.5 Å². The van der Waals surface area contributed by atoms with Crippen molar-refractivity contribution in [3.63, 3.8) is 0 Å². The number of rotatable bonds is 7. The van der Waals surface area contributed by atoms with Gasteiger partial charge < -0.3 is 24.7 Å². The van der Waals surface area contributed by atoms with Gasteiger partial charge in [-0.25, -0.2) is 9.59 Å². The van der Waals surface area contributed by atoms with Crippen molar-refractivity contribution in [3.05, 3.63) is 53.5 Å². The molecule has 0 aliphatic heterocycles. The molecule has 1 atom stereocenters. The van der Waals surface area contributed by atoms with Gasteiger partial charge >= 0.3 is 11.9 Å². The minimum Gasteiger partial charge on any atom is -0.481 e. The number of carbonyl (C=O) groups excluding carboxylic acids is 1. The molecule has 7 nitrogen and oxygen atoms in total. The minimum absolute atomic E-state index is 0.193. The van der Waals surface area contributed by atoms with Gasteiger partial charge in [0.05, 0.1) is 0 Å². The van der Waals surface area contributed by atoms with Gasteiger partial charge in [-0.1, -0.05) is 23.6 Å². The maximum Gasteiger partial charge on any atom is 0.417 e. The number of esters is 1. The van der Waals surface area contributed by atoms with Crippen LogP contribution in [0.4, 0.5) is 0 Å². The molecule has 0 saturated carbocycles. The molecule has 2 rings (SSSR count). The molecule has 1 aromatic carbocycles. The zero-order valence-electron chi connectivity index (χ0n) is 15.9. The van der Waals surface area contributed by atoms with E-state index in [4.69, 9.17) is 20.0 Å². The van der Waals surface area contributed by atoms with E-state index in [9.17, 15) is 9.59 Å². The van der Waals surface area contributed by atoms with Crippen molar-refractivity contribution in [2.75, 3.05) is 13.2 Å². The van der Waals surface area contributed by atoms with E-state index in [0.717, 1.165) is 11.3 Å². The topological polar surface area (TPSA) is 112 Å². The number of carboxylic acid groups (broad SMARTS) is 1. The van der Waals surface area contributed by atoms with Gasteiger partial charge in [-0.05, 0) is 50.5 Å². The molecular weight excluding hydrogens is 362 g/mol. The molecule has 2 aromatic rings. The van der Waals surface area contributed by atoms with Gasteiger partial charge in [0, 0.05) is 12.0 Å². The van der Waals surface area contributed by atoms with Crippen molar-refractivity contribution in [3.8, 4) is 17.6 Å². The normalized spacial score (nSPS) is 12.4. The van der Waals surface area contributed by atoms with E-state index in [-0.39, 0.29) is 13.2 Å². The molecule has 0 radical (unpaired) electrons. The number of carboxylic acids is 1. The lowest BCUT2D eigenvalue weighted by molar-refractivity contribution is -0.164. The predicted molar refractivity (Wildman–Crippen MR) is 102 cm³/mol. The number of carbonyl (C=O) groups is 2. The first-order valence-corrected chi connectivity index (χ1v) is 8.71. The lowest BCUT2D eigenvalue weighted by Crippen LogP contribution is -2.43. The van der Waals surface area contributed by atoms with E-state index in [2.05, 4.69) is 16.6 Å². The zero-order valence-corrected chi connectivity index (χ0v) is 15.9. The standard InChI is InChI=1S/C21H23NO6/c1-15-5-7-16(8-6-15)26-13-3-4-17-9-10-18(28-17)11-12-21(2,22)14-27-20(25)19(23)24/h5-10H,11-14,22H2,1-2H3,(H,23,24)/t21-/m1/s1. The summed E-state index contributed by atoms with van der Waals surface area (Å²) in [6, 6.07) is 11.3. The fourth-order valence-electron chi connectivity index (χ4n) is 2.23. The molecule has 7 heteroatoms. The number of nitrogens with two attached hydrogens (primary N) is 1. The van der Waals surface area contributed by atoms with Crippen LogP contribution in [0.15, 0.2) is 40.8 Å². The highest BCUT2D eigenvalue weighted by atomic mass is 16.6. The largest absolute Gasteiger partial charge is 0.481 e. The smallest absolute Gasteiger partial charge is 0.417 e. The molecule has 148 valence electrons. The molecule has 0 amide bonds. The highest BCUT2D eigenvalue weighted by Crippen LogP contribution is 2.15. The number of aryl methyl sites for hydroxylation is 2. The van der Waals surface area contributed by atoms with E-state index in [1.54, 1.807) is 19.1 Å². The first kappa shape index (κ1) is 21.1. The molecule has 0 saturated heterocycles. The Morgan fingerprint density at radius 2 is 1.93 bits per heavy atom. The first-order chi connectivity index (χ1) is 13.2. The molecule has 0 unspecified atom stereocenters. The minimum atomic E-state index is -1.64. The summed E-state index contributed by atoms with van der Waals surface area (Å²) in [6.07, 6.45) is 0.940. The maximum absolute atomic E-state index is 11.0. The van der Waals surface area contributed by atoms with Crippen molar-refractivity contribution in [1.29, 1.82) is 0 Å². The van der Waals surface area contributed by atoms with Crippen LogP contribution >= 0.6 is 0 Å². The summed E-state index contributed by atoms with van der Waals surface area (Å²) in [6.45, 7) is 3.74. The second kappa shape index (κ2) is 9.62. The summed E-state index contributed by atoms with van der Waals surface area (Å²) in [5, 5.41) is 8.50. The molecule has 1 heterocycles. The average Bonchev–Trinajstić information content (AvgIpc) is 3.11. The van der Waals surface area contributed by atoms with Gasteiger partial charge in [-0.15, -0.1) is 0 Å². The van der Waals surface area contributed by atoms with Crippen LogP contribution in [0.2, 0.25) is 0 Å². The Morgan fingerprint density at radius 3 is 2.61 bits per heavy atom. The first-order valence-electron chi connectivity index (χ1n) is 8.71. The number of hydrogen-bond donors (Lipinski definition) is 2. The number of aliphatic carboxylic acids is 1. The van der Waals surface area contributed by atoms with Gasteiger partial charge in [0.2, 0.25) is 0 Å². The molecular formula is C21H23NO6. The van der Waals surface area contributed by atoms with E-state index >= 15 is 0 Å². The monoisotopic (exact) mass is 385 g/mol. The summed E-state index contributed by atoms with van der Waals surface area (Å²) in [5.74, 6) is 4.77. The lowest BCUT2D eigenvalue weighted by Gasteiger charge is -2.23. The number of benzene rings is 1. The number of furan rings is 1. The van der Waals surface area contributed by atoms with Gasteiger partial charge in [0.15, 0.2) is 5.76 Å². The third-order valence-electron chi connectivity index (χ3n) is 3.86. The molecule has 3 N–H and O–H groups in total. The molecule has 0 aliphatic carbocycles. The van der Waals surface area contributed by atoms with E-state index in [1.165, 1.54) is 0 Å². The van der Waals surface area contributed by atoms with Crippen molar-refractivity contribution in [2.45, 2.75) is 32.2 Å². The molecule has 28 heavy (non-hydrogen) atoms. The Kier molecular flexibility index (Phi) is 7.24. The Hall–Kier alpha value is -3.24. The average molecular weight is 385 g/mol. The molecule has 0 spiro atoms. The van der Waals surface area contributed by atoms with Crippen molar-refractivity contribution < 1.29 is 28.6 Å². The second-order valence-electron chi connectivity index (χ2n) is 6.70. The van der Waals surface area contributed by atoms with Gasteiger partial charge in [0.25, 0.3) is 0 Å². The van der Waals surface area contributed by atoms with Crippen LogP contribution in [-0.4, -0.2) is 35.8 Å². The van der Waals surface area contributed by atoms with Crippen LogP contribution in [0.5, 0.6) is 5.75 Å². The van der Waals surface area contributed by atoms with E-state index in [1.807, 2.05) is 31.2 Å². The van der Waals surface area contributed by atoms with Gasteiger partial charge in [-0.3, -0.25) is 0 Å². The van der Waals surface area contributed by atoms with Crippen molar-refractivity contribution in [1.82, 2.24) is 0 Å². The third kappa shape index (κ3) is 7.17. The lowest BCUT2D eigenvalue weighted by atomic mass is 9.97. The Labute approximate surface area is 163 Å². The maximum atomic E-state index is 11.0. The predicted octanol–water partition coefficient (Wildman–Crippen LogP) is 2.30. The number of ether oxygens (including phenoxy) is 2. The zero-order chi connectivity index (χ0) is 20.6. The highest BCUT2D eigenvalue weighted by molar-refractivity contribution is 6.28. The molecule has 0 aliphatic rings. The fraction of sp³-hybridized carbons (Fsp3) is 0.333. The Bertz CT molecular complexity index is 870. The Balaban J connectivity index is 1.78. The van der Waals surface area contributed by atoms with Crippen LogP contribution in [0.3, 0.4) is 0 Å². The SMILES string of the molecule is Cc1ccc(OCC#Cc2ccc(CC[C@@](C)(N)COC(=O)C(=O)O)o2)cc1. The summed E-state index contributed by atoms with van der Waals surface area (Å²) in [5.41, 5.74) is 6.32. The summed E-state index contributed by atoms with van der Waals surface area (Å²) in [4.78, 5) is 21.4. The van der Waals surface area contributed by atoms with E-state index in [0.29, 0.717) is 24.4 Å². The van der Waals surface area contributed by atoms with Gasteiger partial charge in [0.1, 0.15) is 24.7 Å². The van der Waals surface area contributed by atoms with Crippen molar-refractivity contribution >= 4 is 11.9 Å². The molecule has 0 bridgehead atoms.